The molecule has 24 heavy (non-hydrogen) atoms. The minimum atomic E-state index is -3.50. The van der Waals surface area contributed by atoms with Gasteiger partial charge in [-0.15, -0.1) is 0 Å². The molecule has 2 rings (SSSR count). The third kappa shape index (κ3) is 4.40. The minimum Gasteiger partial charge on any atom is -0.493 e. The summed E-state index contributed by atoms with van der Waals surface area (Å²) in [4.78, 5) is 2.59. The second-order valence-corrected chi connectivity index (χ2v) is 7.91. The van der Waals surface area contributed by atoms with Crippen molar-refractivity contribution in [2.75, 3.05) is 46.9 Å². The fourth-order valence-corrected chi connectivity index (χ4v) is 4.34. The van der Waals surface area contributed by atoms with Gasteiger partial charge in [0.05, 0.1) is 19.1 Å². The van der Waals surface area contributed by atoms with Crippen LogP contribution < -0.4 is 9.47 Å². The molecular formula is C17H28N2O4S. The number of rotatable bonds is 8. The van der Waals surface area contributed by atoms with Crippen molar-refractivity contribution in [3.05, 3.63) is 18.2 Å². The number of benzene rings is 1. The highest BCUT2D eigenvalue weighted by Crippen LogP contribution is 2.30. The van der Waals surface area contributed by atoms with Crippen molar-refractivity contribution in [2.24, 2.45) is 0 Å². The van der Waals surface area contributed by atoms with Gasteiger partial charge in [0.1, 0.15) is 0 Å². The van der Waals surface area contributed by atoms with Crippen LogP contribution in [0.5, 0.6) is 11.5 Å². The normalized spacial score (nSPS) is 17.0. The molecule has 1 heterocycles. The van der Waals surface area contributed by atoms with Crippen molar-refractivity contribution in [3.63, 3.8) is 0 Å². The molecule has 0 saturated carbocycles. The van der Waals surface area contributed by atoms with Crippen molar-refractivity contribution in [3.8, 4) is 11.5 Å². The van der Waals surface area contributed by atoms with Crippen LogP contribution in [-0.4, -0.2) is 64.6 Å². The SMILES string of the molecule is CCCCCN1CCN(S(=O)(=O)c2ccc(OC)c(OC)c2)CC1. The molecule has 7 heteroatoms. The van der Waals surface area contributed by atoms with Crippen molar-refractivity contribution in [1.29, 1.82) is 0 Å². The first-order valence-electron chi connectivity index (χ1n) is 8.47. The molecule has 136 valence electrons. The van der Waals surface area contributed by atoms with Crippen LogP contribution in [0.3, 0.4) is 0 Å². The number of methoxy groups -OCH3 is 2. The highest BCUT2D eigenvalue weighted by molar-refractivity contribution is 7.89. The molecule has 6 nitrogen and oxygen atoms in total. The molecule has 1 aromatic carbocycles. The molecule has 0 spiro atoms. The molecule has 0 bridgehead atoms. The Morgan fingerprint density at radius 2 is 1.67 bits per heavy atom. The molecular weight excluding hydrogens is 328 g/mol. The average Bonchev–Trinajstić information content (AvgIpc) is 2.61. The Bertz CT molecular complexity index is 625. The Hall–Kier alpha value is -1.31. The molecule has 0 unspecified atom stereocenters. The Kier molecular flexibility index (Phi) is 6.89. The number of hydrogen-bond donors (Lipinski definition) is 0. The number of nitrogens with zero attached hydrogens (tertiary/aromatic N) is 2. The zero-order chi connectivity index (χ0) is 17.6. The first-order chi connectivity index (χ1) is 11.5. The lowest BCUT2D eigenvalue weighted by atomic mass is 10.2. The van der Waals surface area contributed by atoms with E-state index in [1.165, 1.54) is 39.5 Å². The van der Waals surface area contributed by atoms with E-state index in [9.17, 15) is 8.42 Å². The summed E-state index contributed by atoms with van der Waals surface area (Å²) in [5.74, 6) is 0.953. The molecule has 1 aliphatic heterocycles. The molecule has 0 radical (unpaired) electrons. The second kappa shape index (κ2) is 8.69. The molecule has 1 aliphatic rings. The molecule has 1 fully saturated rings. The Balaban J connectivity index is 2.04. The van der Waals surface area contributed by atoms with Gasteiger partial charge in [0.25, 0.3) is 0 Å². The van der Waals surface area contributed by atoms with E-state index in [-0.39, 0.29) is 4.90 Å². The standard InChI is InChI=1S/C17H28N2O4S/c1-4-5-6-9-18-10-12-19(13-11-18)24(20,21)15-7-8-16(22-2)17(14-15)23-3/h7-8,14H,4-6,9-13H2,1-3H3. The fraction of sp³-hybridized carbons (Fsp3) is 0.647. The van der Waals surface area contributed by atoms with Gasteiger partial charge >= 0.3 is 0 Å². The summed E-state index contributed by atoms with van der Waals surface area (Å²) in [5, 5.41) is 0. The van der Waals surface area contributed by atoms with Crippen LogP contribution in [0.1, 0.15) is 26.2 Å². The largest absolute Gasteiger partial charge is 0.493 e. The van der Waals surface area contributed by atoms with Gasteiger partial charge < -0.3 is 14.4 Å². The van der Waals surface area contributed by atoms with Crippen LogP contribution >= 0.6 is 0 Å². The topological polar surface area (TPSA) is 59.1 Å². The molecule has 0 atom stereocenters. The monoisotopic (exact) mass is 356 g/mol. The number of piperazine rings is 1. The van der Waals surface area contributed by atoms with E-state index in [0.29, 0.717) is 24.6 Å². The minimum absolute atomic E-state index is 0.250. The Morgan fingerprint density at radius 3 is 2.25 bits per heavy atom. The molecule has 0 aliphatic carbocycles. The van der Waals surface area contributed by atoms with Crippen molar-refractivity contribution >= 4 is 10.0 Å². The van der Waals surface area contributed by atoms with E-state index >= 15 is 0 Å². The van der Waals surface area contributed by atoms with E-state index in [4.69, 9.17) is 9.47 Å². The zero-order valence-electron chi connectivity index (χ0n) is 14.8. The van der Waals surface area contributed by atoms with Gasteiger partial charge in [-0.2, -0.15) is 4.31 Å². The summed E-state index contributed by atoms with van der Waals surface area (Å²) in [6, 6.07) is 4.73. The lowest BCUT2D eigenvalue weighted by molar-refractivity contribution is 0.185. The van der Waals surface area contributed by atoms with Crippen molar-refractivity contribution in [1.82, 2.24) is 9.21 Å². The summed E-state index contributed by atoms with van der Waals surface area (Å²) in [6.07, 6.45) is 3.61. The van der Waals surface area contributed by atoms with Crippen LogP contribution in [0.15, 0.2) is 23.1 Å². The number of unbranched alkanes of at least 4 members (excludes halogenated alkanes) is 2. The molecule has 1 saturated heterocycles. The molecule has 0 aromatic heterocycles. The lowest BCUT2D eigenvalue weighted by Crippen LogP contribution is -2.48. The fourth-order valence-electron chi connectivity index (χ4n) is 2.90. The maximum Gasteiger partial charge on any atom is 0.243 e. The highest BCUT2D eigenvalue weighted by Gasteiger charge is 2.29. The second-order valence-electron chi connectivity index (χ2n) is 5.97. The van der Waals surface area contributed by atoms with Gasteiger partial charge in [0.2, 0.25) is 10.0 Å². The van der Waals surface area contributed by atoms with Crippen LogP contribution in [0.4, 0.5) is 0 Å². The predicted octanol–water partition coefficient (Wildman–Crippen LogP) is 2.20. The van der Waals surface area contributed by atoms with Crippen LogP contribution in [0, 0.1) is 0 Å². The molecule has 0 N–H and O–H groups in total. The number of ether oxygens (including phenoxy) is 2. The maximum absolute atomic E-state index is 12.8. The van der Waals surface area contributed by atoms with Crippen molar-refractivity contribution < 1.29 is 17.9 Å². The van der Waals surface area contributed by atoms with Gasteiger partial charge in [-0.1, -0.05) is 19.8 Å². The predicted molar refractivity (Wildman–Crippen MR) is 94.3 cm³/mol. The highest BCUT2D eigenvalue weighted by atomic mass is 32.2. The van der Waals surface area contributed by atoms with E-state index in [2.05, 4.69) is 11.8 Å². The zero-order valence-corrected chi connectivity index (χ0v) is 15.6. The Morgan fingerprint density at radius 1 is 1.00 bits per heavy atom. The quantitative estimate of drug-likeness (QED) is 0.668. The molecule has 0 amide bonds. The summed E-state index contributed by atoms with van der Waals surface area (Å²) >= 11 is 0. The number of sulfonamides is 1. The van der Waals surface area contributed by atoms with Gasteiger partial charge in [0, 0.05) is 32.2 Å². The van der Waals surface area contributed by atoms with Crippen LogP contribution in [0.2, 0.25) is 0 Å². The summed E-state index contributed by atoms with van der Waals surface area (Å²) in [5.41, 5.74) is 0. The smallest absolute Gasteiger partial charge is 0.243 e. The van der Waals surface area contributed by atoms with Gasteiger partial charge in [-0.05, 0) is 25.1 Å². The third-order valence-corrected chi connectivity index (χ3v) is 6.30. The van der Waals surface area contributed by atoms with E-state index in [1.54, 1.807) is 16.4 Å². The van der Waals surface area contributed by atoms with E-state index in [0.717, 1.165) is 19.6 Å². The first-order valence-corrected chi connectivity index (χ1v) is 9.91. The third-order valence-electron chi connectivity index (χ3n) is 4.40. The average molecular weight is 356 g/mol. The van der Waals surface area contributed by atoms with Gasteiger partial charge in [-0.25, -0.2) is 8.42 Å². The van der Waals surface area contributed by atoms with Crippen LogP contribution in [0.25, 0.3) is 0 Å². The Labute approximate surface area is 145 Å². The van der Waals surface area contributed by atoms with Crippen LogP contribution in [-0.2, 0) is 10.0 Å². The summed E-state index contributed by atoms with van der Waals surface area (Å²) < 4.78 is 37.6. The van der Waals surface area contributed by atoms with E-state index in [1.807, 2.05) is 0 Å². The van der Waals surface area contributed by atoms with E-state index < -0.39 is 10.0 Å². The number of hydrogen-bond acceptors (Lipinski definition) is 5. The maximum atomic E-state index is 12.8. The van der Waals surface area contributed by atoms with Gasteiger partial charge in [-0.3, -0.25) is 0 Å². The van der Waals surface area contributed by atoms with Gasteiger partial charge in [0.15, 0.2) is 11.5 Å². The summed E-state index contributed by atoms with van der Waals surface area (Å²) in [7, 11) is -0.462. The molecule has 1 aromatic rings. The first kappa shape index (κ1) is 19.0. The summed E-state index contributed by atoms with van der Waals surface area (Å²) in [6.45, 7) is 5.88. The van der Waals surface area contributed by atoms with Crippen molar-refractivity contribution in [2.45, 2.75) is 31.1 Å². The lowest BCUT2D eigenvalue weighted by Gasteiger charge is -2.34.